The van der Waals surface area contributed by atoms with Gasteiger partial charge in [-0.25, -0.2) is 0 Å². The van der Waals surface area contributed by atoms with Gasteiger partial charge in [0, 0.05) is 9.50 Å². The third kappa shape index (κ3) is 3.41. The van der Waals surface area contributed by atoms with Crippen LogP contribution in [0.2, 0.25) is 5.02 Å². The first-order valence-corrected chi connectivity index (χ1v) is 7.66. The molecule has 2 aromatic carbocycles. The second-order valence-electron chi connectivity index (χ2n) is 4.96. The van der Waals surface area contributed by atoms with Gasteiger partial charge in [-0.15, -0.1) is 0 Å². The number of hydrogen-bond acceptors (Lipinski definition) is 2. The number of halogens is 2. The first-order valence-electron chi connectivity index (χ1n) is 6.49. The van der Waals surface area contributed by atoms with E-state index in [0.29, 0.717) is 0 Å². The molecule has 2 aromatic rings. The third-order valence-corrected chi connectivity index (χ3v) is 4.42. The van der Waals surface area contributed by atoms with Gasteiger partial charge in [-0.3, -0.25) is 11.3 Å². The van der Waals surface area contributed by atoms with Crippen molar-refractivity contribution in [3.63, 3.8) is 0 Å². The summed E-state index contributed by atoms with van der Waals surface area (Å²) in [7, 11) is 0. The molecule has 0 bridgehead atoms. The Balaban J connectivity index is 2.36. The van der Waals surface area contributed by atoms with Crippen LogP contribution in [-0.2, 0) is 6.42 Å². The molecule has 0 radical (unpaired) electrons. The molecular weight excluding hydrogens is 336 g/mol. The molecule has 0 heterocycles. The van der Waals surface area contributed by atoms with Gasteiger partial charge in [0.05, 0.1) is 6.04 Å². The SMILES string of the molecule is Cc1cccc(C)c1CC(NN)c1cc(Br)ccc1Cl. The molecule has 1 atom stereocenters. The second kappa shape index (κ2) is 6.72. The van der Waals surface area contributed by atoms with E-state index in [4.69, 9.17) is 17.4 Å². The minimum absolute atomic E-state index is 0.0141. The maximum Gasteiger partial charge on any atom is 0.0515 e. The van der Waals surface area contributed by atoms with Crippen molar-refractivity contribution < 1.29 is 0 Å². The Morgan fingerprint density at radius 1 is 1.20 bits per heavy atom. The van der Waals surface area contributed by atoms with Crippen molar-refractivity contribution in [2.45, 2.75) is 26.3 Å². The van der Waals surface area contributed by atoms with E-state index in [9.17, 15) is 0 Å². The summed E-state index contributed by atoms with van der Waals surface area (Å²) in [5, 5.41) is 0.724. The highest BCUT2D eigenvalue weighted by Crippen LogP contribution is 2.29. The minimum atomic E-state index is -0.0141. The van der Waals surface area contributed by atoms with Crippen molar-refractivity contribution >= 4 is 27.5 Å². The molecule has 1 unspecified atom stereocenters. The van der Waals surface area contributed by atoms with Crippen LogP contribution >= 0.6 is 27.5 Å². The van der Waals surface area contributed by atoms with Crippen molar-refractivity contribution in [2.24, 2.45) is 5.84 Å². The molecule has 0 fully saturated rings. The van der Waals surface area contributed by atoms with Crippen LogP contribution in [0, 0.1) is 13.8 Å². The van der Waals surface area contributed by atoms with Crippen LogP contribution in [0.3, 0.4) is 0 Å². The smallest absolute Gasteiger partial charge is 0.0515 e. The van der Waals surface area contributed by atoms with Gasteiger partial charge in [-0.1, -0.05) is 45.7 Å². The van der Waals surface area contributed by atoms with E-state index in [1.165, 1.54) is 16.7 Å². The summed E-state index contributed by atoms with van der Waals surface area (Å²) in [5.74, 6) is 5.75. The standard InChI is InChI=1S/C16H18BrClN2/c1-10-4-3-5-11(2)13(10)9-16(20-19)14-8-12(17)6-7-15(14)18/h3-8,16,20H,9,19H2,1-2H3. The van der Waals surface area contributed by atoms with E-state index in [0.717, 1.165) is 21.5 Å². The number of benzene rings is 2. The van der Waals surface area contributed by atoms with Crippen LogP contribution in [0.15, 0.2) is 40.9 Å². The highest BCUT2D eigenvalue weighted by Gasteiger charge is 2.16. The van der Waals surface area contributed by atoms with Gasteiger partial charge in [0.15, 0.2) is 0 Å². The zero-order valence-corrected chi connectivity index (χ0v) is 13.9. The Labute approximate surface area is 133 Å². The summed E-state index contributed by atoms with van der Waals surface area (Å²) in [4.78, 5) is 0. The Kier molecular flexibility index (Phi) is 5.22. The lowest BCUT2D eigenvalue weighted by atomic mass is 9.93. The molecule has 0 aliphatic heterocycles. The maximum absolute atomic E-state index is 6.30. The topological polar surface area (TPSA) is 38.0 Å². The normalized spacial score (nSPS) is 12.4. The van der Waals surface area contributed by atoms with Gasteiger partial charge in [-0.2, -0.15) is 0 Å². The van der Waals surface area contributed by atoms with Gasteiger partial charge < -0.3 is 0 Å². The summed E-state index contributed by atoms with van der Waals surface area (Å²) < 4.78 is 0.999. The van der Waals surface area contributed by atoms with Crippen molar-refractivity contribution in [3.05, 3.63) is 68.1 Å². The van der Waals surface area contributed by atoms with Crippen LogP contribution in [0.25, 0.3) is 0 Å². The first kappa shape index (κ1) is 15.5. The predicted octanol–water partition coefficient (Wildman–Crippen LogP) is 4.47. The van der Waals surface area contributed by atoms with E-state index in [2.05, 4.69) is 53.4 Å². The molecule has 0 amide bonds. The summed E-state index contributed by atoms with van der Waals surface area (Å²) in [6, 6.07) is 12.1. The van der Waals surface area contributed by atoms with Crippen LogP contribution in [0.5, 0.6) is 0 Å². The summed E-state index contributed by atoms with van der Waals surface area (Å²) in [6.07, 6.45) is 0.811. The maximum atomic E-state index is 6.30. The van der Waals surface area contributed by atoms with Gasteiger partial charge >= 0.3 is 0 Å². The largest absolute Gasteiger partial charge is 0.271 e. The molecule has 0 spiro atoms. The average molecular weight is 354 g/mol. The molecular formula is C16H18BrClN2. The molecule has 0 aliphatic rings. The molecule has 106 valence electrons. The highest BCUT2D eigenvalue weighted by atomic mass is 79.9. The molecule has 0 aromatic heterocycles. The van der Waals surface area contributed by atoms with Gasteiger partial charge in [0.25, 0.3) is 0 Å². The van der Waals surface area contributed by atoms with Gasteiger partial charge in [0.2, 0.25) is 0 Å². The Hall–Kier alpha value is -0.870. The molecule has 0 saturated carbocycles. The monoisotopic (exact) mass is 352 g/mol. The Morgan fingerprint density at radius 3 is 2.45 bits per heavy atom. The van der Waals surface area contributed by atoms with Crippen LogP contribution in [0.4, 0.5) is 0 Å². The molecule has 4 heteroatoms. The third-order valence-electron chi connectivity index (χ3n) is 3.59. The van der Waals surface area contributed by atoms with Crippen molar-refractivity contribution in [1.82, 2.24) is 5.43 Å². The number of rotatable bonds is 4. The highest BCUT2D eigenvalue weighted by molar-refractivity contribution is 9.10. The van der Waals surface area contributed by atoms with Crippen LogP contribution < -0.4 is 11.3 Å². The van der Waals surface area contributed by atoms with Crippen LogP contribution in [0.1, 0.15) is 28.3 Å². The lowest BCUT2D eigenvalue weighted by Crippen LogP contribution is -2.30. The van der Waals surface area contributed by atoms with E-state index in [1.807, 2.05) is 18.2 Å². The predicted molar refractivity (Wildman–Crippen MR) is 88.8 cm³/mol. The van der Waals surface area contributed by atoms with E-state index in [1.54, 1.807) is 0 Å². The zero-order chi connectivity index (χ0) is 14.7. The number of nitrogens with one attached hydrogen (secondary N) is 1. The summed E-state index contributed by atoms with van der Waals surface area (Å²) in [5.41, 5.74) is 7.75. The fourth-order valence-corrected chi connectivity index (χ4v) is 3.04. The Morgan fingerprint density at radius 2 is 1.85 bits per heavy atom. The van der Waals surface area contributed by atoms with Crippen molar-refractivity contribution in [3.8, 4) is 0 Å². The number of nitrogens with two attached hydrogens (primary N) is 1. The zero-order valence-electron chi connectivity index (χ0n) is 11.6. The van der Waals surface area contributed by atoms with Crippen molar-refractivity contribution in [2.75, 3.05) is 0 Å². The average Bonchev–Trinajstić information content (AvgIpc) is 2.42. The lowest BCUT2D eigenvalue weighted by molar-refractivity contribution is 0.549. The molecule has 20 heavy (non-hydrogen) atoms. The molecule has 0 aliphatic carbocycles. The minimum Gasteiger partial charge on any atom is -0.271 e. The van der Waals surface area contributed by atoms with E-state index in [-0.39, 0.29) is 6.04 Å². The quantitative estimate of drug-likeness (QED) is 0.629. The van der Waals surface area contributed by atoms with Crippen molar-refractivity contribution in [1.29, 1.82) is 0 Å². The van der Waals surface area contributed by atoms with E-state index < -0.39 is 0 Å². The number of hydrazine groups is 1. The fourth-order valence-electron chi connectivity index (χ4n) is 2.42. The van der Waals surface area contributed by atoms with Gasteiger partial charge in [-0.05, 0) is 60.7 Å². The second-order valence-corrected chi connectivity index (χ2v) is 6.28. The van der Waals surface area contributed by atoms with Crippen LogP contribution in [-0.4, -0.2) is 0 Å². The van der Waals surface area contributed by atoms with Gasteiger partial charge in [0.1, 0.15) is 0 Å². The number of hydrogen-bond donors (Lipinski definition) is 2. The summed E-state index contributed by atoms with van der Waals surface area (Å²) >= 11 is 9.78. The molecule has 0 saturated heterocycles. The first-order chi connectivity index (χ1) is 9.52. The molecule has 3 N–H and O–H groups in total. The fraction of sp³-hybridized carbons (Fsp3) is 0.250. The Bertz CT molecular complexity index is 593. The molecule has 2 nitrogen and oxygen atoms in total. The molecule has 2 rings (SSSR count). The summed E-state index contributed by atoms with van der Waals surface area (Å²) in [6.45, 7) is 4.25. The van der Waals surface area contributed by atoms with E-state index >= 15 is 0 Å². The number of aryl methyl sites for hydroxylation is 2. The lowest BCUT2D eigenvalue weighted by Gasteiger charge is -2.20.